The van der Waals surface area contributed by atoms with E-state index in [0.717, 1.165) is 5.57 Å². The molecule has 1 atom stereocenters. The maximum absolute atomic E-state index is 11.1. The van der Waals surface area contributed by atoms with Crippen LogP contribution in [0.15, 0.2) is 58.7 Å². The van der Waals surface area contributed by atoms with Crippen LogP contribution in [-0.2, 0) is 9.53 Å². The van der Waals surface area contributed by atoms with Crippen molar-refractivity contribution in [2.24, 2.45) is 5.92 Å². The van der Waals surface area contributed by atoms with Gasteiger partial charge in [-0.3, -0.25) is 0 Å². The molecular formula is C22H34O2. The molecule has 0 spiro atoms. The highest BCUT2D eigenvalue weighted by Gasteiger charge is 2.14. The molecule has 0 aromatic carbocycles. The van der Waals surface area contributed by atoms with Crippen LogP contribution in [0.3, 0.4) is 0 Å². The number of ether oxygens (including phenoxy) is 1. The summed E-state index contributed by atoms with van der Waals surface area (Å²) in [7, 11) is 1.38. The highest BCUT2D eigenvalue weighted by molar-refractivity contribution is 5.83. The summed E-state index contributed by atoms with van der Waals surface area (Å²) in [6, 6.07) is 0. The summed E-state index contributed by atoms with van der Waals surface area (Å²) in [5.74, 6) is 0.343. The fraction of sp³-hybridized carbons (Fsp3) is 0.500. The Morgan fingerprint density at radius 2 is 1.83 bits per heavy atom. The lowest BCUT2D eigenvalue weighted by Gasteiger charge is -2.22. The van der Waals surface area contributed by atoms with Gasteiger partial charge < -0.3 is 4.74 Å². The molecule has 0 fully saturated rings. The highest BCUT2D eigenvalue weighted by atomic mass is 16.5. The third kappa shape index (κ3) is 8.71. The van der Waals surface area contributed by atoms with Gasteiger partial charge >= 0.3 is 5.97 Å². The van der Waals surface area contributed by atoms with E-state index in [1.165, 1.54) is 49.2 Å². The van der Waals surface area contributed by atoms with E-state index in [-0.39, 0.29) is 5.97 Å². The summed E-state index contributed by atoms with van der Waals surface area (Å²) < 4.78 is 4.59. The van der Waals surface area contributed by atoms with Crippen molar-refractivity contribution in [3.05, 3.63) is 58.7 Å². The van der Waals surface area contributed by atoms with Crippen LogP contribution in [0.2, 0.25) is 0 Å². The zero-order valence-electron chi connectivity index (χ0n) is 16.5. The predicted molar refractivity (Wildman–Crippen MR) is 105 cm³/mol. The molecule has 0 aliphatic heterocycles. The molecule has 0 bridgehead atoms. The number of hydrogen-bond acceptors (Lipinski definition) is 2. The average molecular weight is 331 g/mol. The van der Waals surface area contributed by atoms with Crippen molar-refractivity contribution in [3.63, 3.8) is 0 Å². The van der Waals surface area contributed by atoms with Crippen LogP contribution in [0, 0.1) is 5.92 Å². The summed E-state index contributed by atoms with van der Waals surface area (Å²) in [5, 5.41) is 0. The second kappa shape index (κ2) is 12.6. The zero-order chi connectivity index (χ0) is 18.5. The number of esters is 1. The second-order valence-corrected chi connectivity index (χ2v) is 6.04. The van der Waals surface area contributed by atoms with Crippen LogP contribution >= 0.6 is 0 Å². The minimum absolute atomic E-state index is 0.323. The number of hydrogen-bond donors (Lipinski definition) is 0. The summed E-state index contributed by atoms with van der Waals surface area (Å²) >= 11 is 0. The molecule has 0 aromatic rings. The smallest absolute Gasteiger partial charge is 0.330 e. The minimum Gasteiger partial charge on any atom is -0.466 e. The van der Waals surface area contributed by atoms with E-state index in [4.69, 9.17) is 0 Å². The van der Waals surface area contributed by atoms with Gasteiger partial charge in [-0.15, -0.1) is 0 Å². The van der Waals surface area contributed by atoms with Crippen molar-refractivity contribution in [1.82, 2.24) is 0 Å². The number of rotatable bonds is 5. The lowest BCUT2D eigenvalue weighted by Crippen LogP contribution is -2.06. The standard InChI is InChI=1S/C20H28O2.C2H6/c1-15(8-6-9-16(2)14-20(21)22-5)12-13-19-17(3)10-7-11-18(19)4;1-2/h6,8-9,12-14,17H,7,10-11H2,1-5H3;1-2H3/b9-6+,13-12+,15-8+,16-14-;. The minimum atomic E-state index is -0.323. The number of carbonyl (C=O) groups excluding carboxylic acids is 1. The lowest BCUT2D eigenvalue weighted by atomic mass is 9.84. The Balaban J connectivity index is 0.00000254. The first-order valence-electron chi connectivity index (χ1n) is 8.93. The molecular weight excluding hydrogens is 296 g/mol. The number of carbonyl (C=O) groups is 1. The Morgan fingerprint density at radius 1 is 1.17 bits per heavy atom. The molecule has 0 radical (unpaired) electrons. The van der Waals surface area contributed by atoms with E-state index in [1.54, 1.807) is 0 Å². The van der Waals surface area contributed by atoms with Crippen molar-refractivity contribution in [1.29, 1.82) is 0 Å². The number of methoxy groups -OCH3 is 1. The highest BCUT2D eigenvalue weighted by Crippen LogP contribution is 2.30. The van der Waals surface area contributed by atoms with E-state index in [2.05, 4.69) is 43.7 Å². The van der Waals surface area contributed by atoms with Gasteiger partial charge in [-0.25, -0.2) is 4.79 Å². The summed E-state index contributed by atoms with van der Waals surface area (Å²) in [6.45, 7) is 12.5. The Morgan fingerprint density at radius 3 is 2.42 bits per heavy atom. The third-order valence-electron chi connectivity index (χ3n) is 4.00. The van der Waals surface area contributed by atoms with E-state index in [1.807, 2.05) is 32.9 Å². The molecule has 1 rings (SSSR count). The number of allylic oxidation sites excluding steroid dienone is 9. The molecule has 0 heterocycles. The quantitative estimate of drug-likeness (QED) is 0.334. The van der Waals surface area contributed by atoms with Crippen molar-refractivity contribution < 1.29 is 9.53 Å². The van der Waals surface area contributed by atoms with Crippen LogP contribution in [0.25, 0.3) is 0 Å². The van der Waals surface area contributed by atoms with Crippen molar-refractivity contribution >= 4 is 5.97 Å². The van der Waals surface area contributed by atoms with Gasteiger partial charge in [-0.1, -0.05) is 62.3 Å². The second-order valence-electron chi connectivity index (χ2n) is 6.04. The van der Waals surface area contributed by atoms with Gasteiger partial charge in [0.25, 0.3) is 0 Å². The normalized spacial score (nSPS) is 19.5. The Hall–Kier alpha value is -1.83. The van der Waals surface area contributed by atoms with Crippen molar-refractivity contribution in [2.45, 2.75) is 60.8 Å². The van der Waals surface area contributed by atoms with Crippen molar-refractivity contribution in [3.8, 4) is 0 Å². The molecule has 2 heteroatoms. The first-order chi connectivity index (χ1) is 11.4. The average Bonchev–Trinajstić information content (AvgIpc) is 2.56. The topological polar surface area (TPSA) is 26.3 Å². The van der Waals surface area contributed by atoms with Gasteiger partial charge in [0.15, 0.2) is 0 Å². The van der Waals surface area contributed by atoms with Gasteiger partial charge in [0.2, 0.25) is 0 Å². The summed E-state index contributed by atoms with van der Waals surface area (Å²) in [6.07, 6.45) is 15.7. The molecule has 0 saturated heterocycles. The van der Waals surface area contributed by atoms with Crippen LogP contribution < -0.4 is 0 Å². The molecule has 24 heavy (non-hydrogen) atoms. The molecule has 0 aromatic heterocycles. The van der Waals surface area contributed by atoms with Gasteiger partial charge in [0.1, 0.15) is 0 Å². The fourth-order valence-corrected chi connectivity index (χ4v) is 2.62. The molecule has 0 amide bonds. The molecule has 134 valence electrons. The van der Waals surface area contributed by atoms with Crippen LogP contribution in [-0.4, -0.2) is 13.1 Å². The van der Waals surface area contributed by atoms with E-state index < -0.39 is 0 Å². The molecule has 1 aliphatic rings. The van der Waals surface area contributed by atoms with Gasteiger partial charge in [-0.2, -0.15) is 0 Å². The summed E-state index contributed by atoms with van der Waals surface area (Å²) in [4.78, 5) is 11.1. The van der Waals surface area contributed by atoms with Crippen LogP contribution in [0.5, 0.6) is 0 Å². The van der Waals surface area contributed by atoms with Gasteiger partial charge in [0, 0.05) is 6.08 Å². The molecule has 0 N–H and O–H groups in total. The largest absolute Gasteiger partial charge is 0.466 e. The van der Waals surface area contributed by atoms with Crippen molar-refractivity contribution in [2.75, 3.05) is 7.11 Å². The molecule has 1 unspecified atom stereocenters. The van der Waals surface area contributed by atoms with E-state index in [0.29, 0.717) is 5.92 Å². The van der Waals surface area contributed by atoms with Crippen LogP contribution in [0.4, 0.5) is 0 Å². The Labute approximate surface area is 148 Å². The maximum Gasteiger partial charge on any atom is 0.330 e. The van der Waals surface area contributed by atoms with Crippen LogP contribution in [0.1, 0.15) is 60.8 Å². The molecule has 1 aliphatic carbocycles. The molecule has 0 saturated carbocycles. The fourth-order valence-electron chi connectivity index (χ4n) is 2.62. The zero-order valence-corrected chi connectivity index (χ0v) is 16.5. The van der Waals surface area contributed by atoms with E-state index in [9.17, 15) is 4.79 Å². The first kappa shape index (κ1) is 22.2. The lowest BCUT2D eigenvalue weighted by molar-refractivity contribution is -0.134. The Bertz CT molecular complexity index is 542. The molecule has 2 nitrogen and oxygen atoms in total. The monoisotopic (exact) mass is 330 g/mol. The summed E-state index contributed by atoms with van der Waals surface area (Å²) in [5.41, 5.74) is 5.08. The predicted octanol–water partition coefficient (Wildman–Crippen LogP) is 6.33. The SMILES string of the molecule is CC.COC(=O)\C=C(C)/C=C/C=C(C)/C=C/C1=C(C)CCCC1C. The van der Waals surface area contributed by atoms with E-state index >= 15 is 0 Å². The van der Waals surface area contributed by atoms with Gasteiger partial charge in [0.05, 0.1) is 7.11 Å². The third-order valence-corrected chi connectivity index (χ3v) is 4.00. The maximum atomic E-state index is 11.1. The Kier molecular flexibility index (Phi) is 11.6. The first-order valence-corrected chi connectivity index (χ1v) is 8.93. The van der Waals surface area contributed by atoms with Gasteiger partial charge in [-0.05, 0) is 57.1 Å².